The fourth-order valence-electron chi connectivity index (χ4n) is 3.61. The van der Waals surface area contributed by atoms with Crippen molar-refractivity contribution in [2.75, 3.05) is 37.7 Å². The highest BCUT2D eigenvalue weighted by Crippen LogP contribution is 2.29. The molecule has 0 amide bonds. The molecule has 0 aromatic heterocycles. The van der Waals surface area contributed by atoms with E-state index >= 15 is 0 Å². The van der Waals surface area contributed by atoms with Gasteiger partial charge in [-0.05, 0) is 44.4 Å². The lowest BCUT2D eigenvalue weighted by Crippen LogP contribution is -2.43. The molecular formula is C18H28N2O. The lowest BCUT2D eigenvalue weighted by molar-refractivity contribution is 0.183. The number of rotatable bonds is 5. The molecule has 3 nitrogen and oxygen atoms in total. The summed E-state index contributed by atoms with van der Waals surface area (Å²) in [5.41, 5.74) is 4.36. The molecule has 2 aliphatic heterocycles. The molecule has 0 spiro atoms. The fourth-order valence-corrected chi connectivity index (χ4v) is 3.61. The van der Waals surface area contributed by atoms with Crippen LogP contribution in [-0.2, 0) is 11.2 Å². The van der Waals surface area contributed by atoms with Gasteiger partial charge >= 0.3 is 0 Å². The molecule has 2 atom stereocenters. The molecule has 1 fully saturated rings. The van der Waals surface area contributed by atoms with Crippen LogP contribution in [0.2, 0.25) is 0 Å². The third-order valence-corrected chi connectivity index (χ3v) is 4.76. The van der Waals surface area contributed by atoms with Crippen LogP contribution in [0.25, 0.3) is 0 Å². The van der Waals surface area contributed by atoms with Crippen molar-refractivity contribution in [3.8, 4) is 0 Å². The predicted molar refractivity (Wildman–Crippen MR) is 88.1 cm³/mol. The Morgan fingerprint density at radius 1 is 1.33 bits per heavy atom. The smallest absolute Gasteiger partial charge is 0.0624 e. The number of anilines is 1. The van der Waals surface area contributed by atoms with E-state index in [-0.39, 0.29) is 0 Å². The molecule has 3 heteroatoms. The van der Waals surface area contributed by atoms with E-state index in [2.05, 4.69) is 42.3 Å². The lowest BCUT2D eigenvalue weighted by atomic mass is 9.96. The Hall–Kier alpha value is -1.06. The minimum atomic E-state index is 0.528. The van der Waals surface area contributed by atoms with Crippen LogP contribution in [0.1, 0.15) is 30.9 Å². The van der Waals surface area contributed by atoms with Crippen LogP contribution in [0.4, 0.5) is 5.69 Å². The molecule has 2 aliphatic rings. The molecule has 0 saturated carbocycles. The topological polar surface area (TPSA) is 24.5 Å². The second-order valence-corrected chi connectivity index (χ2v) is 6.54. The highest BCUT2D eigenvalue weighted by molar-refractivity contribution is 5.56. The van der Waals surface area contributed by atoms with Crippen molar-refractivity contribution in [3.63, 3.8) is 0 Å². The van der Waals surface area contributed by atoms with Gasteiger partial charge in [-0.15, -0.1) is 0 Å². The van der Waals surface area contributed by atoms with Crippen LogP contribution in [0.15, 0.2) is 18.2 Å². The molecule has 1 N–H and O–H groups in total. The number of nitrogens with one attached hydrogen (secondary N) is 1. The predicted octanol–water partition coefficient (Wildman–Crippen LogP) is 2.76. The molecule has 2 unspecified atom stereocenters. The first-order valence-corrected chi connectivity index (χ1v) is 8.43. The van der Waals surface area contributed by atoms with E-state index < -0.39 is 0 Å². The van der Waals surface area contributed by atoms with Crippen molar-refractivity contribution < 1.29 is 4.74 Å². The van der Waals surface area contributed by atoms with Crippen LogP contribution in [0.5, 0.6) is 0 Å². The maximum atomic E-state index is 5.73. The van der Waals surface area contributed by atoms with Crippen molar-refractivity contribution in [1.82, 2.24) is 5.32 Å². The number of hydrogen-bond acceptors (Lipinski definition) is 3. The van der Waals surface area contributed by atoms with Crippen LogP contribution in [0, 0.1) is 12.8 Å². The maximum absolute atomic E-state index is 5.73. The summed E-state index contributed by atoms with van der Waals surface area (Å²) in [7, 11) is 0. The van der Waals surface area contributed by atoms with Gasteiger partial charge in [0.1, 0.15) is 0 Å². The third kappa shape index (κ3) is 3.41. The first-order chi connectivity index (χ1) is 10.3. The van der Waals surface area contributed by atoms with Crippen LogP contribution in [-0.4, -0.2) is 38.9 Å². The van der Waals surface area contributed by atoms with E-state index in [0.717, 1.165) is 26.3 Å². The largest absolute Gasteiger partial charge is 0.379 e. The highest BCUT2D eigenvalue weighted by atomic mass is 16.5. The summed E-state index contributed by atoms with van der Waals surface area (Å²) in [6.45, 7) is 9.60. The quantitative estimate of drug-likeness (QED) is 0.901. The normalized spacial score (nSPS) is 25.1. The van der Waals surface area contributed by atoms with Crippen LogP contribution in [0.3, 0.4) is 0 Å². The van der Waals surface area contributed by atoms with Crippen LogP contribution >= 0.6 is 0 Å². The van der Waals surface area contributed by atoms with Crippen molar-refractivity contribution in [2.45, 2.75) is 39.2 Å². The molecule has 1 aromatic carbocycles. The Kier molecular flexibility index (Phi) is 4.81. The number of benzene rings is 1. The molecule has 116 valence electrons. The Bertz CT molecular complexity index is 474. The van der Waals surface area contributed by atoms with Gasteiger partial charge in [0, 0.05) is 30.7 Å². The molecule has 21 heavy (non-hydrogen) atoms. The average Bonchev–Trinajstić information content (AvgIpc) is 2.92. The van der Waals surface area contributed by atoms with Gasteiger partial charge in [-0.2, -0.15) is 0 Å². The summed E-state index contributed by atoms with van der Waals surface area (Å²) >= 11 is 0. The van der Waals surface area contributed by atoms with Gasteiger partial charge in [0.05, 0.1) is 13.2 Å². The summed E-state index contributed by atoms with van der Waals surface area (Å²) < 4.78 is 5.73. The summed E-state index contributed by atoms with van der Waals surface area (Å²) in [4.78, 5) is 2.58. The van der Waals surface area contributed by atoms with Crippen LogP contribution < -0.4 is 10.2 Å². The van der Waals surface area contributed by atoms with E-state index in [1.54, 1.807) is 0 Å². The van der Waals surface area contributed by atoms with E-state index in [9.17, 15) is 0 Å². The van der Waals surface area contributed by atoms with E-state index in [0.29, 0.717) is 12.0 Å². The molecular weight excluding hydrogens is 260 g/mol. The van der Waals surface area contributed by atoms with Gasteiger partial charge < -0.3 is 15.0 Å². The Balaban J connectivity index is 1.68. The summed E-state index contributed by atoms with van der Waals surface area (Å²) in [5, 5.41) is 3.65. The van der Waals surface area contributed by atoms with Crippen molar-refractivity contribution in [2.24, 2.45) is 5.92 Å². The van der Waals surface area contributed by atoms with Gasteiger partial charge in [0.2, 0.25) is 0 Å². The Labute approximate surface area is 128 Å². The number of nitrogens with zero attached hydrogens (tertiary/aromatic N) is 1. The first-order valence-electron chi connectivity index (χ1n) is 8.43. The zero-order valence-corrected chi connectivity index (χ0v) is 13.4. The van der Waals surface area contributed by atoms with E-state index in [1.165, 1.54) is 42.6 Å². The van der Waals surface area contributed by atoms with Crippen molar-refractivity contribution in [3.05, 3.63) is 29.3 Å². The molecule has 3 rings (SSSR count). The Morgan fingerprint density at radius 3 is 3.10 bits per heavy atom. The molecule has 2 heterocycles. The third-order valence-electron chi connectivity index (χ3n) is 4.76. The van der Waals surface area contributed by atoms with Crippen molar-refractivity contribution >= 4 is 5.69 Å². The maximum Gasteiger partial charge on any atom is 0.0624 e. The fraction of sp³-hybridized carbons (Fsp3) is 0.667. The van der Waals surface area contributed by atoms with Gasteiger partial charge in [0.25, 0.3) is 0 Å². The van der Waals surface area contributed by atoms with E-state index in [4.69, 9.17) is 4.74 Å². The summed E-state index contributed by atoms with van der Waals surface area (Å²) in [5.74, 6) is 0.615. The zero-order chi connectivity index (χ0) is 14.7. The van der Waals surface area contributed by atoms with E-state index in [1.807, 2.05) is 0 Å². The van der Waals surface area contributed by atoms with Gasteiger partial charge in [-0.1, -0.05) is 24.6 Å². The zero-order valence-electron chi connectivity index (χ0n) is 13.4. The minimum Gasteiger partial charge on any atom is -0.379 e. The number of aryl methyl sites for hydroxylation is 2. The number of fused-ring (bicyclic) bond motifs is 1. The van der Waals surface area contributed by atoms with Gasteiger partial charge in [-0.3, -0.25) is 0 Å². The summed E-state index contributed by atoms with van der Waals surface area (Å²) in [6.07, 6.45) is 3.69. The number of hydrogen-bond donors (Lipinski definition) is 1. The van der Waals surface area contributed by atoms with Crippen molar-refractivity contribution in [1.29, 1.82) is 0 Å². The standard InChI is InChI=1S/C18H28N2O/c1-3-8-19-17-13-21-12-16(17)11-20-9-4-5-15-10-14(2)6-7-18(15)20/h6-7,10,16-17,19H,3-5,8-9,11-13H2,1-2H3. The molecule has 1 saturated heterocycles. The summed E-state index contributed by atoms with van der Waals surface area (Å²) in [6, 6.07) is 7.45. The Morgan fingerprint density at radius 2 is 2.24 bits per heavy atom. The molecule has 0 bridgehead atoms. The second kappa shape index (κ2) is 6.80. The SMILES string of the molecule is CCCNC1COCC1CN1CCCc2cc(C)ccc21. The lowest BCUT2D eigenvalue weighted by Gasteiger charge is -2.34. The molecule has 0 aliphatic carbocycles. The average molecular weight is 288 g/mol. The molecule has 1 aromatic rings. The first kappa shape index (κ1) is 14.9. The van der Waals surface area contributed by atoms with Gasteiger partial charge in [0.15, 0.2) is 0 Å². The van der Waals surface area contributed by atoms with Gasteiger partial charge in [-0.25, -0.2) is 0 Å². The highest BCUT2D eigenvalue weighted by Gasteiger charge is 2.30. The number of ether oxygens (including phenoxy) is 1. The molecule has 0 radical (unpaired) electrons. The second-order valence-electron chi connectivity index (χ2n) is 6.54. The minimum absolute atomic E-state index is 0.528. The monoisotopic (exact) mass is 288 g/mol.